The molecule has 0 aliphatic carbocycles. The van der Waals surface area contributed by atoms with E-state index in [1.807, 2.05) is 0 Å². The molecular formula is C23H25BrF3N5O3S. The number of aliphatic imine (C=N–C) groups is 1. The Hall–Kier alpha value is -2.77. The summed E-state index contributed by atoms with van der Waals surface area (Å²) in [5.41, 5.74) is 5.91. The van der Waals surface area contributed by atoms with Crippen molar-refractivity contribution in [3.8, 4) is 0 Å². The molecular weight excluding hydrogens is 563 g/mol. The maximum Gasteiger partial charge on any atom is 0.337 e. The van der Waals surface area contributed by atoms with Gasteiger partial charge in [-0.15, -0.1) is 11.3 Å². The number of nitrogens with one attached hydrogen (secondary N) is 1. The van der Waals surface area contributed by atoms with Gasteiger partial charge in [0.15, 0.2) is 10.8 Å². The van der Waals surface area contributed by atoms with Gasteiger partial charge in [0.05, 0.1) is 25.3 Å². The Morgan fingerprint density at radius 3 is 2.75 bits per heavy atom. The second-order valence-corrected chi connectivity index (χ2v) is 9.84. The number of ether oxygens (including phenoxy) is 1. The van der Waals surface area contributed by atoms with Gasteiger partial charge >= 0.3 is 5.97 Å². The van der Waals surface area contributed by atoms with Crippen molar-refractivity contribution in [2.45, 2.75) is 31.7 Å². The number of halogens is 4. The third kappa shape index (κ3) is 7.87. The van der Waals surface area contributed by atoms with Gasteiger partial charge in [-0.3, -0.25) is 14.7 Å². The van der Waals surface area contributed by atoms with Crippen LogP contribution < -0.4 is 11.1 Å². The molecule has 13 heteroatoms. The van der Waals surface area contributed by atoms with E-state index < -0.39 is 36.8 Å². The topological polar surface area (TPSA) is 110 Å². The molecule has 1 aromatic carbocycles. The molecule has 1 fully saturated rings. The number of alkyl halides is 2. The number of esters is 1. The Morgan fingerprint density at radius 1 is 1.39 bits per heavy atom. The number of nitrogens with two attached hydrogens (primary N) is 1. The number of benzene rings is 1. The quantitative estimate of drug-likeness (QED) is 0.480. The van der Waals surface area contributed by atoms with Gasteiger partial charge in [0.1, 0.15) is 5.82 Å². The summed E-state index contributed by atoms with van der Waals surface area (Å²) in [7, 11) is 0. The lowest BCUT2D eigenvalue weighted by atomic mass is 10.1. The largest absolute Gasteiger partial charge is 0.463 e. The molecule has 3 heterocycles. The van der Waals surface area contributed by atoms with E-state index in [2.05, 4.69) is 31.2 Å². The van der Waals surface area contributed by atoms with Crippen LogP contribution in [-0.4, -0.2) is 65.8 Å². The number of rotatable bonds is 7. The minimum Gasteiger partial charge on any atom is -0.463 e. The summed E-state index contributed by atoms with van der Waals surface area (Å²) in [5.74, 6) is -3.86. The Balaban J connectivity index is 0.000000383. The third-order valence-corrected chi connectivity index (χ3v) is 6.53. The average Bonchev–Trinajstić information content (AvgIpc) is 3.42. The van der Waals surface area contributed by atoms with Crippen LogP contribution in [0, 0.1) is 5.82 Å². The van der Waals surface area contributed by atoms with E-state index in [4.69, 9.17) is 10.5 Å². The van der Waals surface area contributed by atoms with Crippen LogP contribution in [0.25, 0.3) is 0 Å². The highest BCUT2D eigenvalue weighted by atomic mass is 79.9. The molecule has 1 saturated heterocycles. The number of hydrogen-bond acceptors (Lipinski definition) is 8. The summed E-state index contributed by atoms with van der Waals surface area (Å²) in [6, 6.07) is 5.56. The fourth-order valence-corrected chi connectivity index (χ4v) is 4.73. The maximum atomic E-state index is 14.0. The minimum atomic E-state index is -2.92. The standard InChI is InChI=1S/C17H21F2N5O3S.C6H4BrF/c1-2-27-16(26)11-7-22-14(15-21-3-4-28-15)23-12(11)8-24-9-17(18,19)6-10(24)5-13(20)25;7-5-2-1-3-6(8)4-5/h3-4,10H,2,5-9H2,1H3,(H2,20,25)(H,22,23);1-4H. The summed E-state index contributed by atoms with van der Waals surface area (Å²) in [6.45, 7) is 1.43. The smallest absolute Gasteiger partial charge is 0.337 e. The van der Waals surface area contributed by atoms with E-state index in [1.54, 1.807) is 30.6 Å². The fraction of sp³-hybridized carbons (Fsp3) is 0.391. The maximum absolute atomic E-state index is 14.0. The molecule has 1 atom stereocenters. The molecule has 2 aliphatic heterocycles. The molecule has 1 aromatic heterocycles. The van der Waals surface area contributed by atoms with Crippen LogP contribution in [0.2, 0.25) is 0 Å². The second-order valence-electron chi connectivity index (χ2n) is 8.03. The number of amidine groups is 1. The summed E-state index contributed by atoms with van der Waals surface area (Å²) >= 11 is 4.49. The molecule has 0 saturated carbocycles. The van der Waals surface area contributed by atoms with E-state index in [0.717, 1.165) is 4.47 Å². The molecule has 3 N–H and O–H groups in total. The van der Waals surface area contributed by atoms with Gasteiger partial charge in [-0.05, 0) is 25.1 Å². The molecule has 4 rings (SSSR count). The van der Waals surface area contributed by atoms with Crippen molar-refractivity contribution >= 4 is 45.0 Å². The van der Waals surface area contributed by atoms with Crippen LogP contribution >= 0.6 is 27.3 Å². The van der Waals surface area contributed by atoms with Crippen LogP contribution in [0.5, 0.6) is 0 Å². The molecule has 8 nitrogen and oxygen atoms in total. The van der Waals surface area contributed by atoms with Gasteiger partial charge in [-0.2, -0.15) is 0 Å². The predicted molar refractivity (Wildman–Crippen MR) is 133 cm³/mol. The van der Waals surface area contributed by atoms with Crippen LogP contribution in [0.4, 0.5) is 13.2 Å². The third-order valence-electron chi connectivity index (χ3n) is 5.26. The van der Waals surface area contributed by atoms with Gasteiger partial charge in [0.2, 0.25) is 5.91 Å². The first kappa shape index (κ1) is 27.8. The van der Waals surface area contributed by atoms with Gasteiger partial charge in [-0.25, -0.2) is 22.9 Å². The van der Waals surface area contributed by atoms with Crippen molar-refractivity contribution in [1.82, 2.24) is 15.2 Å². The molecule has 2 aromatic rings. The van der Waals surface area contributed by atoms with Crippen LogP contribution in [0.15, 0.2) is 56.6 Å². The normalized spacial score (nSPS) is 19.1. The van der Waals surface area contributed by atoms with E-state index in [-0.39, 0.29) is 37.5 Å². The summed E-state index contributed by atoms with van der Waals surface area (Å²) in [5, 5.41) is 5.46. The SMILES string of the molecule is CCOC(=O)C1=C(CN2CC(F)(F)CC2CC(N)=O)NC(c2nccs2)=NC1.Fc1cccc(Br)c1. The first-order valence-electron chi connectivity index (χ1n) is 11.0. The monoisotopic (exact) mass is 587 g/mol. The molecule has 0 spiro atoms. The van der Waals surface area contributed by atoms with E-state index >= 15 is 0 Å². The van der Waals surface area contributed by atoms with Crippen molar-refractivity contribution in [2.24, 2.45) is 10.7 Å². The van der Waals surface area contributed by atoms with Gasteiger partial charge in [-0.1, -0.05) is 22.0 Å². The van der Waals surface area contributed by atoms with Crippen LogP contribution in [-0.2, 0) is 14.3 Å². The number of aromatic nitrogens is 1. The van der Waals surface area contributed by atoms with E-state index in [1.165, 1.54) is 28.4 Å². The highest BCUT2D eigenvalue weighted by Gasteiger charge is 2.45. The van der Waals surface area contributed by atoms with Gasteiger partial charge in [0, 0.05) is 47.2 Å². The molecule has 0 radical (unpaired) electrons. The number of carbonyl (C=O) groups is 2. The van der Waals surface area contributed by atoms with Gasteiger partial charge in [0.25, 0.3) is 5.92 Å². The van der Waals surface area contributed by atoms with Crippen molar-refractivity contribution in [1.29, 1.82) is 0 Å². The zero-order valence-corrected chi connectivity index (χ0v) is 21.8. The van der Waals surface area contributed by atoms with Crippen molar-refractivity contribution in [3.05, 3.63) is 62.4 Å². The number of likely N-dealkylation sites (tertiary alicyclic amines) is 1. The molecule has 2 aliphatic rings. The fourth-order valence-electron chi connectivity index (χ4n) is 3.76. The minimum absolute atomic E-state index is 0.0199. The van der Waals surface area contributed by atoms with Crippen molar-refractivity contribution < 1.29 is 27.5 Å². The average molecular weight is 588 g/mol. The zero-order valence-electron chi connectivity index (χ0n) is 19.3. The Bertz CT molecular complexity index is 1130. The Kier molecular flexibility index (Phi) is 9.63. The molecule has 0 bridgehead atoms. The Labute approximate surface area is 218 Å². The van der Waals surface area contributed by atoms with E-state index in [9.17, 15) is 22.8 Å². The second kappa shape index (κ2) is 12.5. The number of amides is 1. The number of carbonyl (C=O) groups excluding carboxylic acids is 2. The molecule has 36 heavy (non-hydrogen) atoms. The summed E-state index contributed by atoms with van der Waals surface area (Å²) < 4.78 is 45.9. The highest BCUT2D eigenvalue weighted by Crippen LogP contribution is 2.34. The van der Waals surface area contributed by atoms with Gasteiger partial charge < -0.3 is 15.8 Å². The summed E-state index contributed by atoms with van der Waals surface area (Å²) in [4.78, 5) is 33.6. The highest BCUT2D eigenvalue weighted by molar-refractivity contribution is 9.10. The summed E-state index contributed by atoms with van der Waals surface area (Å²) in [6.07, 6.45) is 0.995. The van der Waals surface area contributed by atoms with E-state index in [0.29, 0.717) is 16.5 Å². The number of nitrogens with zero attached hydrogens (tertiary/aromatic N) is 3. The molecule has 1 amide bonds. The molecule has 1 unspecified atom stereocenters. The zero-order chi connectivity index (χ0) is 26.3. The molecule has 194 valence electrons. The Morgan fingerprint density at radius 2 is 2.17 bits per heavy atom. The number of thiazole rings is 1. The van der Waals surface area contributed by atoms with Crippen LogP contribution in [0.1, 0.15) is 24.8 Å². The first-order chi connectivity index (χ1) is 17.1. The van der Waals surface area contributed by atoms with Crippen molar-refractivity contribution in [3.63, 3.8) is 0 Å². The lowest BCUT2D eigenvalue weighted by Crippen LogP contribution is -2.41. The first-order valence-corrected chi connectivity index (χ1v) is 12.7. The number of primary amides is 1. The van der Waals surface area contributed by atoms with Crippen LogP contribution in [0.3, 0.4) is 0 Å². The number of hydrogen-bond donors (Lipinski definition) is 2. The predicted octanol–water partition coefficient (Wildman–Crippen LogP) is 3.48. The lowest BCUT2D eigenvalue weighted by molar-refractivity contribution is -0.138. The van der Waals surface area contributed by atoms with Crippen molar-refractivity contribution in [2.75, 3.05) is 26.2 Å². The lowest BCUT2D eigenvalue weighted by Gasteiger charge is -2.27.